The molecule has 1 saturated carbocycles. The van der Waals surface area contributed by atoms with E-state index >= 15 is 0 Å². The summed E-state index contributed by atoms with van der Waals surface area (Å²) in [5.74, 6) is 0.743. The van der Waals surface area contributed by atoms with Crippen molar-refractivity contribution in [1.82, 2.24) is 9.97 Å². The van der Waals surface area contributed by atoms with Gasteiger partial charge in [-0.15, -0.1) is 0 Å². The van der Waals surface area contributed by atoms with E-state index in [-0.39, 0.29) is 5.56 Å². The first-order valence-corrected chi connectivity index (χ1v) is 6.40. The molecule has 0 unspecified atom stereocenters. The van der Waals surface area contributed by atoms with Crippen LogP contribution < -0.4 is 5.56 Å². The number of nitrogens with one attached hydrogen (secondary N) is 1. The van der Waals surface area contributed by atoms with Gasteiger partial charge in [-0.3, -0.25) is 4.79 Å². The lowest BCUT2D eigenvalue weighted by molar-refractivity contribution is 0.420. The molecule has 3 rings (SSSR count). The largest absolute Gasteiger partial charge is 0.313 e. The van der Waals surface area contributed by atoms with Crippen LogP contribution in [0.15, 0.2) is 35.4 Å². The second-order valence-corrected chi connectivity index (χ2v) is 4.96. The number of benzene rings is 1. The molecule has 92 valence electrons. The van der Waals surface area contributed by atoms with Gasteiger partial charge in [0, 0.05) is 11.1 Å². The molecule has 0 bridgehead atoms. The third kappa shape index (κ3) is 1.86. The lowest BCUT2D eigenvalue weighted by Gasteiger charge is -2.25. The van der Waals surface area contributed by atoms with Gasteiger partial charge >= 0.3 is 0 Å². The quantitative estimate of drug-likeness (QED) is 0.877. The molecule has 3 heteroatoms. The second kappa shape index (κ2) is 4.41. The van der Waals surface area contributed by atoms with Crippen LogP contribution >= 0.6 is 0 Å². The first-order valence-electron chi connectivity index (χ1n) is 6.40. The number of nitrogens with zero attached hydrogens (tertiary/aromatic N) is 1. The van der Waals surface area contributed by atoms with E-state index in [9.17, 15) is 4.79 Å². The number of hydrogen-bond acceptors (Lipinski definition) is 2. The zero-order valence-corrected chi connectivity index (χ0v) is 10.4. The van der Waals surface area contributed by atoms with Gasteiger partial charge in [0.1, 0.15) is 0 Å². The Balaban J connectivity index is 1.96. The summed E-state index contributed by atoms with van der Waals surface area (Å²) < 4.78 is 0. The fraction of sp³-hybridized carbons (Fsp3) is 0.333. The van der Waals surface area contributed by atoms with E-state index in [4.69, 9.17) is 0 Å². The molecule has 0 spiro atoms. The molecule has 0 atom stereocenters. The van der Waals surface area contributed by atoms with Crippen molar-refractivity contribution >= 4 is 0 Å². The molecule has 1 aromatic carbocycles. The molecule has 0 amide bonds. The van der Waals surface area contributed by atoms with Crippen LogP contribution in [-0.4, -0.2) is 9.97 Å². The molecule has 3 nitrogen and oxygen atoms in total. The van der Waals surface area contributed by atoms with Gasteiger partial charge in [-0.2, -0.15) is 0 Å². The van der Waals surface area contributed by atoms with Crippen molar-refractivity contribution in [3.8, 4) is 11.3 Å². The van der Waals surface area contributed by atoms with Gasteiger partial charge in [0.2, 0.25) is 0 Å². The Kier molecular flexibility index (Phi) is 2.74. The highest BCUT2D eigenvalue weighted by Gasteiger charge is 2.19. The van der Waals surface area contributed by atoms with Crippen LogP contribution in [0.4, 0.5) is 0 Å². The minimum Gasteiger partial charge on any atom is -0.313 e. The number of aromatic amines is 1. The average molecular weight is 240 g/mol. The van der Waals surface area contributed by atoms with E-state index in [1.807, 2.05) is 0 Å². The summed E-state index contributed by atoms with van der Waals surface area (Å²) in [5, 5.41) is 0. The summed E-state index contributed by atoms with van der Waals surface area (Å²) in [6.45, 7) is 1.81. The van der Waals surface area contributed by atoms with Crippen molar-refractivity contribution in [1.29, 1.82) is 0 Å². The fourth-order valence-electron chi connectivity index (χ4n) is 2.41. The lowest BCUT2D eigenvalue weighted by Crippen LogP contribution is -2.11. The molecule has 1 N–H and O–H groups in total. The topological polar surface area (TPSA) is 45.8 Å². The van der Waals surface area contributed by atoms with E-state index in [2.05, 4.69) is 34.2 Å². The van der Waals surface area contributed by atoms with E-state index in [0.717, 1.165) is 17.2 Å². The summed E-state index contributed by atoms with van der Waals surface area (Å²) >= 11 is 0. The van der Waals surface area contributed by atoms with Crippen LogP contribution in [0, 0.1) is 6.92 Å². The second-order valence-electron chi connectivity index (χ2n) is 4.96. The monoisotopic (exact) mass is 240 g/mol. The van der Waals surface area contributed by atoms with E-state index in [0.29, 0.717) is 5.56 Å². The third-order valence-electron chi connectivity index (χ3n) is 3.85. The van der Waals surface area contributed by atoms with Crippen molar-refractivity contribution < 1.29 is 0 Å². The summed E-state index contributed by atoms with van der Waals surface area (Å²) in [7, 11) is 0. The Labute approximate surface area is 106 Å². The van der Waals surface area contributed by atoms with Gasteiger partial charge in [-0.05, 0) is 31.2 Å². The van der Waals surface area contributed by atoms with Crippen LogP contribution in [0.25, 0.3) is 11.3 Å². The maximum Gasteiger partial charge on any atom is 0.254 e. The molecule has 0 aliphatic heterocycles. The van der Waals surface area contributed by atoms with Gasteiger partial charge in [-0.25, -0.2) is 4.98 Å². The minimum atomic E-state index is -0.0666. The highest BCUT2D eigenvalue weighted by molar-refractivity contribution is 5.62. The maximum absolute atomic E-state index is 11.5. The summed E-state index contributed by atoms with van der Waals surface area (Å²) in [4.78, 5) is 18.4. The van der Waals surface area contributed by atoms with Crippen molar-refractivity contribution in [2.24, 2.45) is 0 Å². The Morgan fingerprint density at radius 2 is 1.94 bits per heavy atom. The number of rotatable bonds is 2. The Hall–Kier alpha value is -1.90. The molecule has 1 heterocycles. The number of hydrogen-bond donors (Lipinski definition) is 1. The summed E-state index contributed by atoms with van der Waals surface area (Å²) in [6.07, 6.45) is 5.43. The van der Waals surface area contributed by atoms with Crippen LogP contribution in [0.5, 0.6) is 0 Å². The fourth-order valence-corrected chi connectivity index (χ4v) is 2.41. The maximum atomic E-state index is 11.5. The van der Waals surface area contributed by atoms with Crippen LogP contribution in [0.2, 0.25) is 0 Å². The van der Waals surface area contributed by atoms with Gasteiger partial charge in [0.05, 0.1) is 12.0 Å². The zero-order chi connectivity index (χ0) is 12.5. The molecule has 0 radical (unpaired) electrons. The van der Waals surface area contributed by atoms with E-state index in [1.165, 1.54) is 31.2 Å². The SMILES string of the molecule is Cc1c(-c2ccc(C3CCC3)cc2)nc[nH]c1=O. The minimum absolute atomic E-state index is 0.0666. The zero-order valence-electron chi connectivity index (χ0n) is 10.4. The first-order chi connectivity index (χ1) is 8.75. The van der Waals surface area contributed by atoms with Crippen molar-refractivity contribution in [2.45, 2.75) is 32.1 Å². The van der Waals surface area contributed by atoms with Crippen molar-refractivity contribution in [3.05, 3.63) is 52.1 Å². The molecule has 1 aliphatic rings. The Morgan fingerprint density at radius 1 is 1.22 bits per heavy atom. The summed E-state index contributed by atoms with van der Waals surface area (Å²) in [6, 6.07) is 8.48. The highest BCUT2D eigenvalue weighted by Crippen LogP contribution is 2.36. The molecule has 0 saturated heterocycles. The van der Waals surface area contributed by atoms with Crippen molar-refractivity contribution in [2.75, 3.05) is 0 Å². The Bertz CT molecular complexity index is 609. The standard InChI is InChI=1S/C15H16N2O/c1-10-14(16-9-17-15(10)18)13-7-5-12(6-8-13)11-3-2-4-11/h5-9,11H,2-4H2,1H3,(H,16,17,18). The number of H-pyrrole nitrogens is 1. The van der Waals surface area contributed by atoms with E-state index in [1.54, 1.807) is 6.92 Å². The van der Waals surface area contributed by atoms with Gasteiger partial charge < -0.3 is 4.98 Å². The van der Waals surface area contributed by atoms with E-state index < -0.39 is 0 Å². The van der Waals surface area contributed by atoms with Crippen molar-refractivity contribution in [3.63, 3.8) is 0 Å². The van der Waals surface area contributed by atoms with Gasteiger partial charge in [-0.1, -0.05) is 30.7 Å². The van der Waals surface area contributed by atoms with Gasteiger partial charge in [0.25, 0.3) is 5.56 Å². The van der Waals surface area contributed by atoms with Crippen LogP contribution in [0.3, 0.4) is 0 Å². The first kappa shape index (κ1) is 11.2. The molecule has 2 aromatic rings. The molecule has 1 aromatic heterocycles. The average Bonchev–Trinajstić information content (AvgIpc) is 2.32. The third-order valence-corrected chi connectivity index (χ3v) is 3.85. The Morgan fingerprint density at radius 3 is 2.56 bits per heavy atom. The smallest absolute Gasteiger partial charge is 0.254 e. The predicted octanol–water partition coefficient (Wildman–Crippen LogP) is 3.01. The molecular formula is C15H16N2O. The lowest BCUT2D eigenvalue weighted by atomic mass is 9.80. The predicted molar refractivity (Wildman–Crippen MR) is 71.6 cm³/mol. The summed E-state index contributed by atoms with van der Waals surface area (Å²) in [5.41, 5.74) is 3.81. The molecule has 18 heavy (non-hydrogen) atoms. The van der Waals surface area contributed by atoms with Gasteiger partial charge in [0.15, 0.2) is 0 Å². The molecule has 1 fully saturated rings. The molecule has 1 aliphatic carbocycles. The normalized spacial score (nSPS) is 15.4. The number of aromatic nitrogens is 2. The van der Waals surface area contributed by atoms with Crippen LogP contribution in [0.1, 0.15) is 36.3 Å². The highest BCUT2D eigenvalue weighted by atomic mass is 16.1. The van der Waals surface area contributed by atoms with Crippen LogP contribution in [-0.2, 0) is 0 Å². The molecular weight excluding hydrogens is 224 g/mol.